The zero-order valence-corrected chi connectivity index (χ0v) is 19.8. The maximum atomic E-state index is 12.2. The fraction of sp³-hybridized carbons (Fsp3) is 0.591. The molecule has 1 saturated heterocycles. The summed E-state index contributed by atoms with van der Waals surface area (Å²) in [6, 6.07) is 4.02. The van der Waals surface area contributed by atoms with Crippen LogP contribution < -0.4 is 5.32 Å². The van der Waals surface area contributed by atoms with E-state index in [-0.39, 0.29) is 6.54 Å². The summed E-state index contributed by atoms with van der Waals surface area (Å²) >= 11 is 6.31. The highest BCUT2D eigenvalue weighted by molar-refractivity contribution is 6.56. The molecule has 1 aromatic carbocycles. The summed E-state index contributed by atoms with van der Waals surface area (Å²) in [7, 11) is -0.578. The smallest absolute Gasteiger partial charge is 0.444 e. The summed E-state index contributed by atoms with van der Waals surface area (Å²) in [5.41, 5.74) is 2.24. The minimum atomic E-state index is -0.578. The highest BCUT2D eigenvalue weighted by Crippen LogP contribution is 2.39. The molecular formula is C22H33BClNO4. The number of hydrogen-bond donors (Lipinski definition) is 1. The Balaban J connectivity index is 2.32. The topological polar surface area (TPSA) is 56.8 Å². The number of hydrogen-bond acceptors (Lipinski definition) is 4. The van der Waals surface area contributed by atoms with Crippen LogP contribution in [0.5, 0.6) is 0 Å². The lowest BCUT2D eigenvalue weighted by Gasteiger charge is -2.32. The highest BCUT2D eigenvalue weighted by Gasteiger charge is 2.52. The maximum Gasteiger partial charge on any atom is 0.492 e. The molecule has 1 aromatic rings. The Labute approximate surface area is 180 Å². The van der Waals surface area contributed by atoms with E-state index >= 15 is 0 Å². The first-order valence-corrected chi connectivity index (χ1v) is 10.3. The second-order valence-electron chi connectivity index (χ2n) is 9.63. The number of aryl methyl sites for hydroxylation is 2. The molecule has 2 rings (SSSR count). The molecule has 1 N–H and O–H groups in total. The van der Waals surface area contributed by atoms with Gasteiger partial charge < -0.3 is 19.4 Å². The molecule has 7 heteroatoms. The van der Waals surface area contributed by atoms with Crippen LogP contribution in [0.1, 0.15) is 65.2 Å². The third-order valence-electron chi connectivity index (χ3n) is 5.20. The summed E-state index contributed by atoms with van der Waals surface area (Å²) < 4.78 is 17.8. The van der Waals surface area contributed by atoms with E-state index in [9.17, 15) is 4.79 Å². The van der Waals surface area contributed by atoms with Gasteiger partial charge in [0.2, 0.25) is 0 Å². The maximum absolute atomic E-state index is 12.2. The minimum absolute atomic E-state index is 0.243. The van der Waals surface area contributed by atoms with Crippen molar-refractivity contribution in [3.05, 3.63) is 39.3 Å². The van der Waals surface area contributed by atoms with E-state index in [4.69, 9.17) is 25.6 Å². The molecular weight excluding hydrogens is 389 g/mol. The summed E-state index contributed by atoms with van der Waals surface area (Å²) in [6.07, 6.45) is 1.50. The van der Waals surface area contributed by atoms with Crippen LogP contribution in [0.4, 0.5) is 4.79 Å². The van der Waals surface area contributed by atoms with Crippen molar-refractivity contribution >= 4 is 30.9 Å². The van der Waals surface area contributed by atoms with Crippen molar-refractivity contribution in [1.29, 1.82) is 0 Å². The molecule has 160 valence electrons. The Kier molecular flexibility index (Phi) is 6.83. The van der Waals surface area contributed by atoms with Crippen molar-refractivity contribution in [3.8, 4) is 0 Å². The monoisotopic (exact) mass is 421 g/mol. The molecule has 1 fully saturated rings. The summed E-state index contributed by atoms with van der Waals surface area (Å²) in [4.78, 5) is 12.2. The number of amides is 1. The van der Waals surface area contributed by atoms with Crippen molar-refractivity contribution in [2.75, 3.05) is 6.54 Å². The first-order chi connectivity index (χ1) is 13.1. The number of halogens is 1. The molecule has 0 aliphatic carbocycles. The van der Waals surface area contributed by atoms with Crippen LogP contribution in [0.2, 0.25) is 5.02 Å². The number of benzene rings is 1. The third kappa shape index (κ3) is 6.00. The predicted octanol–water partition coefficient (Wildman–Crippen LogP) is 5.50. The Morgan fingerprint density at radius 3 is 2.07 bits per heavy atom. The van der Waals surface area contributed by atoms with Gasteiger partial charge in [-0.15, -0.1) is 0 Å². The standard InChI is InChI=1S/C22H33BClNO4/c1-14-10-16(11-15(2)18(14)24)12-17(13-25-19(26)27-20(3,4)5)23-28-21(6,7)22(8,9)29-23/h10-12H,13H2,1-9H3,(H,25,26). The van der Waals surface area contributed by atoms with E-state index in [0.29, 0.717) is 0 Å². The van der Waals surface area contributed by atoms with Crippen LogP contribution in [0, 0.1) is 13.8 Å². The summed E-state index contributed by atoms with van der Waals surface area (Å²) in [6.45, 7) is 17.7. The van der Waals surface area contributed by atoms with Crippen molar-refractivity contribution in [1.82, 2.24) is 5.32 Å². The van der Waals surface area contributed by atoms with Gasteiger partial charge in [-0.2, -0.15) is 0 Å². The van der Waals surface area contributed by atoms with Crippen LogP contribution >= 0.6 is 11.6 Å². The molecule has 0 spiro atoms. The summed E-state index contributed by atoms with van der Waals surface area (Å²) in [5.74, 6) is 0. The molecule has 29 heavy (non-hydrogen) atoms. The number of carbonyl (C=O) groups is 1. The van der Waals surface area contributed by atoms with Gasteiger partial charge in [-0.3, -0.25) is 0 Å². The van der Waals surface area contributed by atoms with E-state index in [1.165, 1.54) is 0 Å². The molecule has 0 bridgehead atoms. The lowest BCUT2D eigenvalue weighted by atomic mass is 9.77. The largest absolute Gasteiger partial charge is 0.492 e. The SMILES string of the molecule is Cc1cc(C=C(CNC(=O)OC(C)(C)C)B2OC(C)(C)C(C)(C)O2)cc(C)c1Cl. The number of rotatable bonds is 4. The van der Waals surface area contributed by atoms with E-state index < -0.39 is 30.0 Å². The third-order valence-corrected chi connectivity index (χ3v) is 5.80. The highest BCUT2D eigenvalue weighted by atomic mass is 35.5. The van der Waals surface area contributed by atoms with Gasteiger partial charge in [0, 0.05) is 11.6 Å². The first kappa shape index (κ1) is 23.8. The number of carbonyl (C=O) groups excluding carboxylic acids is 1. The van der Waals surface area contributed by atoms with Crippen molar-refractivity contribution in [2.45, 2.75) is 79.1 Å². The summed E-state index contributed by atoms with van der Waals surface area (Å²) in [5, 5.41) is 3.57. The molecule has 0 atom stereocenters. The quantitative estimate of drug-likeness (QED) is 0.652. The molecule has 1 aliphatic heterocycles. The molecule has 0 radical (unpaired) electrons. The van der Waals surface area contributed by atoms with Gasteiger partial charge in [-0.25, -0.2) is 4.79 Å². The molecule has 0 saturated carbocycles. The van der Waals surface area contributed by atoms with Crippen LogP contribution in [-0.2, 0) is 14.0 Å². The zero-order valence-electron chi connectivity index (χ0n) is 19.0. The fourth-order valence-electron chi connectivity index (χ4n) is 2.96. The van der Waals surface area contributed by atoms with Crippen LogP contribution in [0.25, 0.3) is 6.08 Å². The Bertz CT molecular complexity index is 773. The average Bonchev–Trinajstić information content (AvgIpc) is 2.75. The van der Waals surface area contributed by atoms with Crippen LogP contribution in [0.15, 0.2) is 17.6 Å². The Morgan fingerprint density at radius 1 is 1.14 bits per heavy atom. The van der Waals surface area contributed by atoms with Crippen molar-refractivity contribution in [2.24, 2.45) is 0 Å². The fourth-order valence-corrected chi connectivity index (χ4v) is 3.07. The van der Waals surface area contributed by atoms with Gasteiger partial charge in [0.05, 0.1) is 11.2 Å². The van der Waals surface area contributed by atoms with E-state index in [1.807, 2.05) is 80.5 Å². The van der Waals surface area contributed by atoms with Gasteiger partial charge in [0.1, 0.15) is 5.60 Å². The second kappa shape index (κ2) is 8.33. The lowest BCUT2D eigenvalue weighted by Crippen LogP contribution is -2.41. The number of nitrogens with one attached hydrogen (secondary N) is 1. The average molecular weight is 422 g/mol. The molecule has 1 aliphatic rings. The first-order valence-electron chi connectivity index (χ1n) is 9.91. The van der Waals surface area contributed by atoms with E-state index in [0.717, 1.165) is 27.2 Å². The number of alkyl carbamates (subject to hydrolysis) is 1. The molecule has 0 unspecified atom stereocenters. The van der Waals surface area contributed by atoms with Gasteiger partial charge in [-0.05, 0) is 84.5 Å². The molecule has 5 nitrogen and oxygen atoms in total. The number of ether oxygens (including phenoxy) is 1. The van der Waals surface area contributed by atoms with Crippen LogP contribution in [0.3, 0.4) is 0 Å². The zero-order chi connectivity index (χ0) is 22.2. The van der Waals surface area contributed by atoms with E-state index in [1.54, 1.807) is 0 Å². The Hall–Kier alpha value is -1.50. The predicted molar refractivity (Wildman–Crippen MR) is 119 cm³/mol. The molecule has 1 amide bonds. The van der Waals surface area contributed by atoms with Crippen molar-refractivity contribution < 1.29 is 18.8 Å². The normalized spacial score (nSPS) is 18.7. The second-order valence-corrected chi connectivity index (χ2v) is 10.0. The van der Waals surface area contributed by atoms with Gasteiger partial charge in [-0.1, -0.05) is 29.8 Å². The van der Waals surface area contributed by atoms with E-state index in [2.05, 4.69) is 5.32 Å². The molecule has 0 aromatic heterocycles. The Morgan fingerprint density at radius 2 is 1.62 bits per heavy atom. The van der Waals surface area contributed by atoms with Gasteiger partial charge in [0.25, 0.3) is 0 Å². The minimum Gasteiger partial charge on any atom is -0.444 e. The van der Waals surface area contributed by atoms with Crippen molar-refractivity contribution in [3.63, 3.8) is 0 Å². The van der Waals surface area contributed by atoms with Gasteiger partial charge >= 0.3 is 13.2 Å². The van der Waals surface area contributed by atoms with Crippen LogP contribution in [-0.4, -0.2) is 36.6 Å². The lowest BCUT2D eigenvalue weighted by molar-refractivity contribution is 0.00578. The molecule has 1 heterocycles. The van der Waals surface area contributed by atoms with Gasteiger partial charge in [0.15, 0.2) is 0 Å².